The van der Waals surface area contributed by atoms with Crippen molar-refractivity contribution in [3.63, 3.8) is 0 Å². The molecular weight excluding hydrogens is 404 g/mol. The number of nitrogens with zero attached hydrogens (tertiary/aromatic N) is 3. The van der Waals surface area contributed by atoms with Crippen LogP contribution in [0.1, 0.15) is 25.3 Å². The van der Waals surface area contributed by atoms with Gasteiger partial charge in [-0.25, -0.2) is 12.7 Å². The number of nitrogens with one attached hydrogen (secondary N) is 1. The number of thioether (sulfide) groups is 1. The van der Waals surface area contributed by atoms with Crippen molar-refractivity contribution >= 4 is 44.2 Å². The first-order valence-corrected chi connectivity index (χ1v) is 12.2. The fraction of sp³-hybridized carbons (Fsp3) is 0.471. The third-order valence-electron chi connectivity index (χ3n) is 4.42. The lowest BCUT2D eigenvalue weighted by Crippen LogP contribution is -2.42. The zero-order chi connectivity index (χ0) is 19.3. The molecule has 1 aliphatic rings. The number of carbonyl (C=O) groups is 1. The molecule has 0 atom stereocenters. The number of hydrogen-bond donors (Lipinski definition) is 1. The molecule has 146 valence electrons. The SMILES string of the molecule is CCS(=O)(=O)N1CCC(C(=O)Nc2nnc(SCc3ccccc3)s2)CC1. The lowest BCUT2D eigenvalue weighted by molar-refractivity contribution is -0.120. The van der Waals surface area contributed by atoms with Gasteiger partial charge in [-0.3, -0.25) is 4.79 Å². The van der Waals surface area contributed by atoms with E-state index < -0.39 is 10.0 Å². The molecule has 1 aromatic heterocycles. The minimum atomic E-state index is -3.18. The van der Waals surface area contributed by atoms with Crippen molar-refractivity contribution in [1.82, 2.24) is 14.5 Å². The van der Waals surface area contributed by atoms with Crippen molar-refractivity contribution in [3.05, 3.63) is 35.9 Å². The summed E-state index contributed by atoms with van der Waals surface area (Å²) in [6.07, 6.45) is 1.05. The van der Waals surface area contributed by atoms with E-state index >= 15 is 0 Å². The van der Waals surface area contributed by atoms with Crippen molar-refractivity contribution in [2.75, 3.05) is 24.2 Å². The normalized spacial score (nSPS) is 16.3. The first-order valence-electron chi connectivity index (χ1n) is 8.77. The average Bonchev–Trinajstić information content (AvgIpc) is 3.14. The molecule has 0 saturated carbocycles. The number of aromatic nitrogens is 2. The molecule has 0 radical (unpaired) electrons. The van der Waals surface area contributed by atoms with Crippen LogP contribution in [0.5, 0.6) is 0 Å². The third kappa shape index (κ3) is 5.50. The second-order valence-corrected chi connectivity index (χ2v) is 10.7. The molecule has 7 nitrogen and oxygen atoms in total. The molecule has 1 aromatic carbocycles. The number of amides is 1. The minimum absolute atomic E-state index is 0.0953. The van der Waals surface area contributed by atoms with E-state index in [0.29, 0.717) is 31.1 Å². The maximum Gasteiger partial charge on any atom is 0.229 e. The largest absolute Gasteiger partial charge is 0.300 e. The molecule has 27 heavy (non-hydrogen) atoms. The fourth-order valence-corrected chi connectivity index (χ4v) is 5.67. The molecule has 1 fully saturated rings. The Hall–Kier alpha value is -1.49. The molecule has 1 aliphatic heterocycles. The highest BCUT2D eigenvalue weighted by Gasteiger charge is 2.30. The smallest absolute Gasteiger partial charge is 0.229 e. The van der Waals surface area contributed by atoms with Gasteiger partial charge in [0.25, 0.3) is 0 Å². The van der Waals surface area contributed by atoms with Gasteiger partial charge in [-0.2, -0.15) is 0 Å². The van der Waals surface area contributed by atoms with E-state index in [2.05, 4.69) is 27.6 Å². The number of rotatable bonds is 7. The van der Waals surface area contributed by atoms with Crippen LogP contribution >= 0.6 is 23.1 Å². The van der Waals surface area contributed by atoms with Crippen LogP contribution in [0.25, 0.3) is 0 Å². The van der Waals surface area contributed by atoms with Gasteiger partial charge in [0, 0.05) is 24.8 Å². The van der Waals surface area contributed by atoms with Crippen molar-refractivity contribution in [2.45, 2.75) is 29.9 Å². The molecular formula is C17H22N4O3S3. The highest BCUT2D eigenvalue weighted by atomic mass is 32.2. The van der Waals surface area contributed by atoms with Crippen LogP contribution in [-0.4, -0.2) is 47.7 Å². The van der Waals surface area contributed by atoms with Crippen LogP contribution in [0.2, 0.25) is 0 Å². The summed E-state index contributed by atoms with van der Waals surface area (Å²) in [6.45, 7) is 2.42. The zero-order valence-corrected chi connectivity index (χ0v) is 17.4. The summed E-state index contributed by atoms with van der Waals surface area (Å²) < 4.78 is 26.1. The summed E-state index contributed by atoms with van der Waals surface area (Å²) in [4.78, 5) is 12.4. The second kappa shape index (κ2) is 9.13. The van der Waals surface area contributed by atoms with Gasteiger partial charge in [-0.15, -0.1) is 10.2 Å². The summed E-state index contributed by atoms with van der Waals surface area (Å²) in [5.41, 5.74) is 1.21. The van der Waals surface area contributed by atoms with Crippen molar-refractivity contribution < 1.29 is 13.2 Å². The Labute approximate surface area is 167 Å². The van der Waals surface area contributed by atoms with E-state index in [0.717, 1.165) is 10.1 Å². The zero-order valence-electron chi connectivity index (χ0n) is 15.0. The van der Waals surface area contributed by atoms with E-state index in [1.165, 1.54) is 21.2 Å². The summed E-state index contributed by atoms with van der Waals surface area (Å²) >= 11 is 2.94. The number of sulfonamides is 1. The van der Waals surface area contributed by atoms with Crippen LogP contribution in [0, 0.1) is 5.92 Å². The lowest BCUT2D eigenvalue weighted by atomic mass is 9.97. The van der Waals surface area contributed by atoms with E-state index in [-0.39, 0.29) is 17.6 Å². The Morgan fingerprint density at radius 1 is 1.26 bits per heavy atom. The van der Waals surface area contributed by atoms with Crippen LogP contribution in [0.3, 0.4) is 0 Å². The minimum Gasteiger partial charge on any atom is -0.300 e. The van der Waals surface area contributed by atoms with E-state index in [9.17, 15) is 13.2 Å². The summed E-state index contributed by atoms with van der Waals surface area (Å²) in [7, 11) is -3.18. The van der Waals surface area contributed by atoms with Gasteiger partial charge in [0.1, 0.15) is 0 Å². The van der Waals surface area contributed by atoms with E-state index in [4.69, 9.17) is 0 Å². The first kappa shape index (κ1) is 20.2. The molecule has 0 spiro atoms. The number of carbonyl (C=O) groups excluding carboxylic acids is 1. The summed E-state index contributed by atoms with van der Waals surface area (Å²) in [5, 5.41) is 11.5. The molecule has 3 rings (SSSR count). The topological polar surface area (TPSA) is 92.3 Å². The van der Waals surface area contributed by atoms with Crippen molar-refractivity contribution in [1.29, 1.82) is 0 Å². The van der Waals surface area contributed by atoms with Gasteiger partial charge in [-0.1, -0.05) is 53.4 Å². The quantitative estimate of drug-likeness (QED) is 0.541. The molecule has 1 N–H and O–H groups in total. The highest BCUT2D eigenvalue weighted by molar-refractivity contribution is 8.00. The van der Waals surface area contributed by atoms with E-state index in [1.54, 1.807) is 18.7 Å². The van der Waals surface area contributed by atoms with Gasteiger partial charge in [0.15, 0.2) is 4.34 Å². The number of anilines is 1. The second-order valence-electron chi connectivity index (χ2n) is 6.21. The maximum atomic E-state index is 12.4. The van der Waals surface area contributed by atoms with Gasteiger partial charge < -0.3 is 5.32 Å². The predicted octanol–water partition coefficient (Wildman–Crippen LogP) is 2.83. The third-order valence-corrected chi connectivity index (χ3v) is 8.35. The standard InChI is InChI=1S/C17H22N4O3S3/c1-2-27(23,24)21-10-8-14(9-11-21)15(22)18-16-19-20-17(26-16)25-12-13-6-4-3-5-7-13/h3-7,14H,2,8-12H2,1H3,(H,18,19,22). The lowest BCUT2D eigenvalue weighted by Gasteiger charge is -2.29. The van der Waals surface area contributed by atoms with Gasteiger partial charge in [0.05, 0.1) is 5.75 Å². The predicted molar refractivity (Wildman–Crippen MR) is 108 cm³/mol. The van der Waals surface area contributed by atoms with Gasteiger partial charge in [0.2, 0.25) is 21.1 Å². The Bertz CT molecular complexity index is 863. The van der Waals surface area contributed by atoms with Crippen LogP contribution in [-0.2, 0) is 20.6 Å². The molecule has 10 heteroatoms. The number of benzene rings is 1. The Morgan fingerprint density at radius 3 is 2.63 bits per heavy atom. The van der Waals surface area contributed by atoms with Crippen molar-refractivity contribution in [2.24, 2.45) is 5.92 Å². The number of piperidine rings is 1. The van der Waals surface area contributed by atoms with Crippen LogP contribution in [0.4, 0.5) is 5.13 Å². The molecule has 1 saturated heterocycles. The van der Waals surface area contributed by atoms with Gasteiger partial charge >= 0.3 is 0 Å². The summed E-state index contributed by atoms with van der Waals surface area (Å²) in [5.74, 6) is 0.586. The molecule has 2 heterocycles. The monoisotopic (exact) mass is 426 g/mol. The van der Waals surface area contributed by atoms with Crippen LogP contribution < -0.4 is 5.32 Å². The molecule has 0 unspecified atom stereocenters. The van der Waals surface area contributed by atoms with Crippen molar-refractivity contribution in [3.8, 4) is 0 Å². The highest BCUT2D eigenvalue weighted by Crippen LogP contribution is 2.29. The average molecular weight is 427 g/mol. The number of hydrogen-bond acceptors (Lipinski definition) is 7. The molecule has 1 amide bonds. The van der Waals surface area contributed by atoms with Gasteiger partial charge in [-0.05, 0) is 25.3 Å². The van der Waals surface area contributed by atoms with Crippen LogP contribution in [0.15, 0.2) is 34.7 Å². The Balaban J connectivity index is 1.48. The fourth-order valence-electron chi connectivity index (χ4n) is 2.82. The van der Waals surface area contributed by atoms with E-state index in [1.807, 2.05) is 18.2 Å². The Kier molecular flexibility index (Phi) is 6.85. The molecule has 2 aromatic rings. The molecule has 0 bridgehead atoms. The summed E-state index contributed by atoms with van der Waals surface area (Å²) in [6, 6.07) is 10.1. The maximum absolute atomic E-state index is 12.4. The Morgan fingerprint density at radius 2 is 1.96 bits per heavy atom. The first-order chi connectivity index (χ1) is 13.0. The molecule has 0 aliphatic carbocycles.